The first-order chi connectivity index (χ1) is 64.7. The number of nitrogens with one attached hydrogen (secondary N) is 3. The molecular weight excluding hydrogens is 1700 g/mol. The molecule has 0 aliphatic carbocycles. The van der Waals surface area contributed by atoms with Crippen LogP contribution in [0, 0.1) is 20.2 Å². The maximum absolute atomic E-state index is 13.2. The number of carbonyl (C=O) groups excluding carboxylic acids is 4. The van der Waals surface area contributed by atoms with Gasteiger partial charge >= 0.3 is 6.03 Å². The van der Waals surface area contributed by atoms with E-state index in [1.165, 1.54) is 29.8 Å². The van der Waals surface area contributed by atoms with E-state index in [-0.39, 0.29) is 59.3 Å². The number of carbonyl (C=O) groups is 4. The number of ether oxygens (including phenoxy) is 4. The molecule has 4 aromatic carbocycles. The van der Waals surface area contributed by atoms with Crippen LogP contribution in [0.1, 0.15) is 104 Å². The SMILES string of the molecule is C[C@H]1COCCN1c1nc(-c2ccc(N)cc2)nc2c1CCN(C(=O)c1cccnc1)C2.C[C@H]1COCCN1c1nc(-c2ccc(NC(=O)Nc3ccnn3C)cc2)nc2c1CCN(C(=O)c1cccnc1)C2.C[C@H]1COCCN1c1nc(-c2ccc([N+](=O)[O-])cc2)nc2c1CCN(C(=O)c1cccnc1)C2.C[C@H]1COCCN1c1nc(-c2ccc([N+](=O)[O-])cc2)nc2c1CCNC2. The number of morpholine rings is 4. The van der Waals surface area contributed by atoms with Crippen molar-refractivity contribution in [2.75, 3.05) is 141 Å². The highest BCUT2D eigenvalue weighted by molar-refractivity contribution is 5.99. The lowest BCUT2D eigenvalue weighted by atomic mass is 10.0. The first-order valence-corrected chi connectivity index (χ1v) is 44.5. The van der Waals surface area contributed by atoms with Crippen molar-refractivity contribution in [1.82, 2.24) is 84.6 Å². The average Bonchev–Trinajstić information content (AvgIpc) is 1.08. The van der Waals surface area contributed by atoms with Crippen LogP contribution in [0.15, 0.2) is 183 Å². The third kappa shape index (κ3) is 20.8. The van der Waals surface area contributed by atoms with Gasteiger partial charge in [0.05, 0.1) is 152 Å². The highest BCUT2D eigenvalue weighted by Crippen LogP contribution is 2.38. The number of fused-ring (bicyclic) bond motifs is 4. The number of nitrogens with two attached hydrogens (primary N) is 1. The maximum atomic E-state index is 13.2. The number of nitro benzene ring substituents is 2. The zero-order valence-corrected chi connectivity index (χ0v) is 74.4. The summed E-state index contributed by atoms with van der Waals surface area (Å²) in [5.74, 6) is 6.38. The number of urea groups is 1. The summed E-state index contributed by atoms with van der Waals surface area (Å²) in [6.45, 7) is 21.3. The van der Waals surface area contributed by atoms with Gasteiger partial charge in [0.1, 0.15) is 29.1 Å². The number of nitro groups is 2. The predicted molar refractivity (Wildman–Crippen MR) is 497 cm³/mol. The van der Waals surface area contributed by atoms with Crippen LogP contribution in [0.25, 0.3) is 45.6 Å². The Hall–Kier alpha value is -14.9. The second-order valence-corrected chi connectivity index (χ2v) is 33.5. The normalized spacial score (nSPS) is 18.0. The van der Waals surface area contributed by atoms with Crippen molar-refractivity contribution < 1.29 is 48.0 Å². The van der Waals surface area contributed by atoms with E-state index in [2.05, 4.69) is 83.3 Å². The minimum atomic E-state index is -0.430. The van der Waals surface area contributed by atoms with Gasteiger partial charge in [-0.05, 0) is 169 Å². The number of hydrogen-bond donors (Lipinski definition) is 4. The lowest BCUT2D eigenvalue weighted by Gasteiger charge is -2.37. The molecule has 4 fully saturated rings. The predicted octanol–water partition coefficient (Wildman–Crippen LogP) is 10.7. The number of non-ortho nitro benzene ring substituents is 2. The van der Waals surface area contributed by atoms with Gasteiger partial charge in [-0.25, -0.2) is 44.7 Å². The third-order valence-electron chi connectivity index (χ3n) is 24.5. The van der Waals surface area contributed by atoms with Gasteiger partial charge in [0.25, 0.3) is 29.1 Å². The molecule has 8 aromatic heterocycles. The average molecular weight is 1800 g/mol. The lowest BCUT2D eigenvalue weighted by Crippen LogP contribution is -2.45. The molecule has 0 bridgehead atoms. The zero-order valence-electron chi connectivity index (χ0n) is 74.4. The van der Waals surface area contributed by atoms with Crippen LogP contribution >= 0.6 is 0 Å². The minimum absolute atomic E-state index is 0.0111. The zero-order chi connectivity index (χ0) is 92.2. The van der Waals surface area contributed by atoms with Gasteiger partial charge < -0.3 is 69.6 Å². The standard InChI is InChI=1S/C29H31N9O3.C24H24N6O4.C24H26N6O2.C18H21N5O3/c1-19-18-41-15-14-38(19)27-23-10-13-37(28(39)21-4-3-11-30-16-21)17-24(23)33-26(35-27)20-5-7-22(8-6-20)32-29(40)34-25-9-12-31-36(25)2;1-16-15-34-12-11-29(16)23-20-8-10-28(24(31)18-3-2-9-25-13-18)14-21(20)26-22(27-23)17-4-6-19(7-5-17)30(32)33;1-16-15-32-12-11-30(16)23-20-8-10-29(24(31)18-3-2-9-26-13-18)14-21(20)27-22(28-23)17-4-6-19(25)7-5-17;1-12-11-26-9-8-22(12)18-15-6-7-19-10-16(15)20-17(21-18)13-2-4-14(5-3-13)23(24)25/h3-9,11-12,16,19H,10,13-15,17-18H2,1-2H3,(H2,32,34,40);2-7,9,13,16H,8,10-12,14-15H2,1H3;2-7,9,13,16H,8,10-12,14-15,25H2,1H3;2-5,12,19H,6-11H2,1H3/t19-;2*16-;12-/m0000/s1. The number of amides is 5. The first kappa shape index (κ1) is 90.1. The Morgan fingerprint density at radius 2 is 0.752 bits per heavy atom. The molecule has 0 unspecified atom stereocenters. The van der Waals surface area contributed by atoms with E-state index in [0.29, 0.717) is 187 Å². The Morgan fingerprint density at radius 3 is 1.08 bits per heavy atom. The van der Waals surface area contributed by atoms with Crippen molar-refractivity contribution in [1.29, 1.82) is 0 Å². The Balaban J connectivity index is 0.000000125. The van der Waals surface area contributed by atoms with Crippen LogP contribution in [0.4, 0.5) is 56.6 Å². The number of rotatable bonds is 15. The summed E-state index contributed by atoms with van der Waals surface area (Å²) in [6, 6.07) is 40.4. The van der Waals surface area contributed by atoms with Crippen molar-refractivity contribution in [2.24, 2.45) is 7.05 Å². The van der Waals surface area contributed by atoms with Gasteiger partial charge in [-0.1, -0.05) is 0 Å². The van der Waals surface area contributed by atoms with Gasteiger partial charge in [-0.3, -0.25) is 59.6 Å². The van der Waals surface area contributed by atoms with Gasteiger partial charge in [-0.15, -0.1) is 0 Å². The van der Waals surface area contributed by atoms with Gasteiger partial charge in [0, 0.05) is 183 Å². The topological polar surface area (TPSA) is 436 Å². The number of benzene rings is 4. The second kappa shape index (κ2) is 41.1. The Kier molecular flexibility index (Phi) is 27.8. The van der Waals surface area contributed by atoms with Crippen LogP contribution < -0.4 is 41.3 Å². The monoisotopic (exact) mass is 1800 g/mol. The number of aryl methyl sites for hydroxylation is 1. The summed E-state index contributed by atoms with van der Waals surface area (Å²) in [6.07, 6.45) is 14.3. The molecular formula is C95H102N26O12. The summed E-state index contributed by atoms with van der Waals surface area (Å²) in [5.41, 5.74) is 20.1. The third-order valence-corrected chi connectivity index (χ3v) is 24.5. The second-order valence-electron chi connectivity index (χ2n) is 33.5. The van der Waals surface area contributed by atoms with Crippen LogP contribution in [0.2, 0.25) is 0 Å². The number of aromatic nitrogens is 13. The molecule has 16 heterocycles. The molecule has 8 aliphatic rings. The van der Waals surface area contributed by atoms with Crippen molar-refractivity contribution in [2.45, 2.75) is 104 Å². The van der Waals surface area contributed by atoms with Crippen LogP contribution in [-0.4, -0.2) is 242 Å². The Morgan fingerprint density at radius 1 is 0.414 bits per heavy atom. The molecule has 4 saturated heterocycles. The highest BCUT2D eigenvalue weighted by atomic mass is 16.6. The summed E-state index contributed by atoms with van der Waals surface area (Å²) in [7, 11) is 1.75. The number of pyridine rings is 3. The van der Waals surface area contributed by atoms with E-state index < -0.39 is 9.85 Å². The largest absolute Gasteiger partial charge is 0.399 e. The molecule has 0 saturated carbocycles. The fraction of sp³-hybridized carbons (Fsp3) is 0.347. The first-order valence-electron chi connectivity index (χ1n) is 44.5. The quantitative estimate of drug-likeness (QED) is 0.0421. The fourth-order valence-corrected chi connectivity index (χ4v) is 17.3. The minimum Gasteiger partial charge on any atom is -0.399 e. The number of nitrogens with zero attached hydrogens (tertiary/aromatic N) is 22. The van der Waals surface area contributed by atoms with Gasteiger partial charge in [-0.2, -0.15) is 5.10 Å². The number of nitrogen functional groups attached to an aromatic ring is 1. The summed E-state index contributed by atoms with van der Waals surface area (Å²) < 4.78 is 24.1. The smallest absolute Gasteiger partial charge is 0.324 e. The molecule has 684 valence electrons. The van der Waals surface area contributed by atoms with Crippen LogP contribution in [0.3, 0.4) is 0 Å². The molecule has 133 heavy (non-hydrogen) atoms. The van der Waals surface area contributed by atoms with Crippen LogP contribution in [0.5, 0.6) is 0 Å². The van der Waals surface area contributed by atoms with Crippen molar-refractivity contribution in [3.05, 3.63) is 265 Å². The molecule has 5 amide bonds. The summed E-state index contributed by atoms with van der Waals surface area (Å²) >= 11 is 0. The molecule has 20 rings (SSSR count). The Labute approximate surface area is 766 Å². The van der Waals surface area contributed by atoms with Crippen molar-refractivity contribution in [3.8, 4) is 45.6 Å². The molecule has 8 aliphatic heterocycles. The van der Waals surface area contributed by atoms with Crippen molar-refractivity contribution in [3.63, 3.8) is 0 Å². The number of anilines is 7. The van der Waals surface area contributed by atoms with Gasteiger partial charge in [0.2, 0.25) is 0 Å². The van der Waals surface area contributed by atoms with E-state index in [0.717, 1.165) is 112 Å². The maximum Gasteiger partial charge on any atom is 0.324 e. The molecule has 12 aromatic rings. The molecule has 38 heteroatoms. The molecule has 0 spiro atoms. The van der Waals surface area contributed by atoms with E-state index >= 15 is 0 Å². The van der Waals surface area contributed by atoms with Crippen LogP contribution in [-0.2, 0) is 77.9 Å². The van der Waals surface area contributed by atoms with E-state index in [1.54, 1.807) is 127 Å². The lowest BCUT2D eigenvalue weighted by molar-refractivity contribution is -0.385. The highest BCUT2D eigenvalue weighted by Gasteiger charge is 2.37. The van der Waals surface area contributed by atoms with E-state index in [9.17, 15) is 39.4 Å². The summed E-state index contributed by atoms with van der Waals surface area (Å²) in [5, 5.41) is 35.0. The fourth-order valence-electron chi connectivity index (χ4n) is 17.3. The van der Waals surface area contributed by atoms with E-state index in [4.69, 9.17) is 64.6 Å². The Bertz CT molecular complexity index is 6190. The number of hydrogen-bond acceptors (Lipinski definition) is 30. The van der Waals surface area contributed by atoms with E-state index in [1.807, 2.05) is 58.3 Å². The molecule has 5 N–H and O–H groups in total. The van der Waals surface area contributed by atoms with Gasteiger partial charge in [0.15, 0.2) is 23.3 Å². The summed E-state index contributed by atoms with van der Waals surface area (Å²) in [4.78, 5) is 139. The van der Waals surface area contributed by atoms with Crippen molar-refractivity contribution >= 4 is 75.6 Å². The molecule has 4 atom stereocenters. The molecule has 38 nitrogen and oxygen atoms in total. The molecule has 0 radical (unpaired) electrons.